The van der Waals surface area contributed by atoms with Gasteiger partial charge in [-0.3, -0.25) is 4.98 Å². The van der Waals surface area contributed by atoms with Crippen LogP contribution in [-0.2, 0) is 0 Å². The van der Waals surface area contributed by atoms with E-state index in [1.807, 2.05) is 6.07 Å². The average Bonchev–Trinajstić information content (AvgIpc) is 2.72. The van der Waals surface area contributed by atoms with Gasteiger partial charge in [0.2, 0.25) is 0 Å². The van der Waals surface area contributed by atoms with Crippen LogP contribution in [0.5, 0.6) is 0 Å². The predicted octanol–water partition coefficient (Wildman–Crippen LogP) is 4.74. The van der Waals surface area contributed by atoms with Crippen molar-refractivity contribution in [2.75, 3.05) is 11.1 Å². The molecule has 31 heavy (non-hydrogen) atoms. The van der Waals surface area contributed by atoms with Crippen LogP contribution >= 0.6 is 0 Å². The molecule has 0 unspecified atom stereocenters. The normalized spacial score (nSPS) is 11.8. The zero-order chi connectivity index (χ0) is 22.1. The lowest BCUT2D eigenvalue weighted by atomic mass is 9.93. The number of nitrogen functional groups attached to an aromatic ring is 1. The molecule has 4 aromatic rings. The van der Waals surface area contributed by atoms with Gasteiger partial charge in [0.1, 0.15) is 52.6 Å². The maximum atomic E-state index is 14.4. The van der Waals surface area contributed by atoms with E-state index in [0.717, 1.165) is 6.07 Å². The van der Waals surface area contributed by atoms with Crippen LogP contribution in [0.1, 0.15) is 24.1 Å². The van der Waals surface area contributed by atoms with Crippen molar-refractivity contribution in [2.45, 2.75) is 13.0 Å². The van der Waals surface area contributed by atoms with Crippen molar-refractivity contribution in [3.8, 4) is 17.2 Å². The van der Waals surface area contributed by atoms with Crippen LogP contribution in [0, 0.1) is 28.8 Å². The topological polar surface area (TPSA) is 101 Å². The third-order valence-corrected chi connectivity index (χ3v) is 4.84. The summed E-state index contributed by atoms with van der Waals surface area (Å²) in [6.45, 7) is 1.75. The summed E-state index contributed by atoms with van der Waals surface area (Å²) < 4.78 is 42.4. The second-order valence-electron chi connectivity index (χ2n) is 6.84. The van der Waals surface area contributed by atoms with Gasteiger partial charge in [0.15, 0.2) is 0 Å². The maximum Gasteiger partial charge on any atom is 0.150 e. The molecule has 2 aromatic carbocycles. The number of nitrogens with zero attached hydrogens (tertiary/aromatic N) is 4. The number of hydrogen-bond acceptors (Lipinski definition) is 6. The second kappa shape index (κ2) is 7.91. The van der Waals surface area contributed by atoms with Crippen molar-refractivity contribution in [2.24, 2.45) is 0 Å². The molecule has 0 amide bonds. The first-order valence-corrected chi connectivity index (χ1v) is 9.19. The molecular weight excluding hydrogens is 405 g/mol. The Labute approximate surface area is 175 Å². The van der Waals surface area contributed by atoms with E-state index < -0.39 is 23.5 Å². The molecule has 4 rings (SSSR count). The van der Waals surface area contributed by atoms with E-state index in [1.165, 1.54) is 36.8 Å². The molecule has 2 aromatic heterocycles. The standard InChI is InChI=1S/C22H15F3N6/c1-11(31-22-16(8-26)21(27)29-10-30-22)17-9-28-20-15(3-2-4-18(20)25)19(17)12-5-13(23)7-14(24)6-12/h2-7,9-11H,1H3,(H3,27,29,30,31)/t11-/m0/s1. The van der Waals surface area contributed by atoms with Crippen molar-refractivity contribution in [1.29, 1.82) is 5.26 Å². The summed E-state index contributed by atoms with van der Waals surface area (Å²) in [5.41, 5.74) is 7.02. The van der Waals surface area contributed by atoms with Crippen LogP contribution in [0.15, 0.2) is 48.9 Å². The molecule has 0 aliphatic carbocycles. The van der Waals surface area contributed by atoms with Gasteiger partial charge in [-0.1, -0.05) is 12.1 Å². The Balaban J connectivity index is 1.92. The Kier molecular flexibility index (Phi) is 5.13. The molecule has 6 nitrogen and oxygen atoms in total. The summed E-state index contributed by atoms with van der Waals surface area (Å²) in [6, 6.07) is 8.89. The number of pyridine rings is 1. The van der Waals surface area contributed by atoms with Crippen LogP contribution in [-0.4, -0.2) is 15.0 Å². The third-order valence-electron chi connectivity index (χ3n) is 4.84. The number of rotatable bonds is 4. The van der Waals surface area contributed by atoms with E-state index in [0.29, 0.717) is 16.5 Å². The lowest BCUT2D eigenvalue weighted by Crippen LogP contribution is -2.13. The Morgan fingerprint density at radius 1 is 1.06 bits per heavy atom. The van der Waals surface area contributed by atoms with Gasteiger partial charge in [0.25, 0.3) is 0 Å². The van der Waals surface area contributed by atoms with Gasteiger partial charge in [-0.2, -0.15) is 5.26 Å². The fourth-order valence-electron chi connectivity index (χ4n) is 3.45. The third kappa shape index (κ3) is 3.71. The summed E-state index contributed by atoms with van der Waals surface area (Å²) >= 11 is 0. The summed E-state index contributed by atoms with van der Waals surface area (Å²) in [5, 5.41) is 12.8. The summed E-state index contributed by atoms with van der Waals surface area (Å²) in [7, 11) is 0. The maximum absolute atomic E-state index is 14.4. The van der Waals surface area contributed by atoms with E-state index in [2.05, 4.69) is 20.3 Å². The molecule has 3 N–H and O–H groups in total. The Morgan fingerprint density at radius 2 is 1.81 bits per heavy atom. The molecule has 9 heteroatoms. The minimum absolute atomic E-state index is 0.0123. The summed E-state index contributed by atoms with van der Waals surface area (Å²) in [5.74, 6) is -1.88. The molecule has 0 bridgehead atoms. The lowest BCUT2D eigenvalue weighted by Gasteiger charge is -2.21. The molecule has 1 atom stereocenters. The minimum atomic E-state index is -0.765. The lowest BCUT2D eigenvalue weighted by molar-refractivity contribution is 0.584. The number of hydrogen-bond donors (Lipinski definition) is 2. The number of anilines is 2. The Bertz CT molecular complexity index is 1330. The highest BCUT2D eigenvalue weighted by Crippen LogP contribution is 2.37. The number of nitrogens with one attached hydrogen (secondary N) is 1. The van der Waals surface area contributed by atoms with E-state index >= 15 is 0 Å². The van der Waals surface area contributed by atoms with E-state index in [9.17, 15) is 18.4 Å². The molecule has 2 heterocycles. The number of nitriles is 1. The highest BCUT2D eigenvalue weighted by atomic mass is 19.1. The first-order valence-electron chi connectivity index (χ1n) is 9.19. The molecule has 154 valence electrons. The van der Waals surface area contributed by atoms with Crippen molar-refractivity contribution in [1.82, 2.24) is 15.0 Å². The molecule has 0 spiro atoms. The van der Waals surface area contributed by atoms with Gasteiger partial charge in [-0.25, -0.2) is 23.1 Å². The van der Waals surface area contributed by atoms with Crippen molar-refractivity contribution >= 4 is 22.5 Å². The fourth-order valence-corrected chi connectivity index (χ4v) is 3.45. The van der Waals surface area contributed by atoms with Gasteiger partial charge in [-0.05, 0) is 36.2 Å². The highest BCUT2D eigenvalue weighted by molar-refractivity contribution is 5.96. The Morgan fingerprint density at radius 3 is 2.52 bits per heavy atom. The van der Waals surface area contributed by atoms with Crippen LogP contribution < -0.4 is 11.1 Å². The number of benzene rings is 2. The van der Waals surface area contributed by atoms with E-state index in [1.54, 1.807) is 13.0 Å². The smallest absolute Gasteiger partial charge is 0.150 e. The number of halogens is 3. The minimum Gasteiger partial charge on any atom is -0.382 e. The quantitative estimate of drug-likeness (QED) is 0.495. The average molecular weight is 420 g/mol. The molecule has 0 aliphatic heterocycles. The van der Waals surface area contributed by atoms with Gasteiger partial charge in [0, 0.05) is 23.2 Å². The van der Waals surface area contributed by atoms with E-state index in [4.69, 9.17) is 5.73 Å². The van der Waals surface area contributed by atoms with Crippen LogP contribution in [0.2, 0.25) is 0 Å². The highest BCUT2D eigenvalue weighted by Gasteiger charge is 2.20. The van der Waals surface area contributed by atoms with Gasteiger partial charge < -0.3 is 11.1 Å². The zero-order valence-corrected chi connectivity index (χ0v) is 16.2. The first kappa shape index (κ1) is 20.1. The first-order chi connectivity index (χ1) is 14.9. The molecule has 0 fully saturated rings. The van der Waals surface area contributed by atoms with Crippen LogP contribution in [0.4, 0.5) is 24.8 Å². The molecule has 0 aliphatic rings. The van der Waals surface area contributed by atoms with Crippen molar-refractivity contribution < 1.29 is 13.2 Å². The van der Waals surface area contributed by atoms with Crippen molar-refractivity contribution in [3.05, 3.63) is 77.5 Å². The number of para-hydroxylation sites is 1. The molecule has 0 saturated heterocycles. The van der Waals surface area contributed by atoms with Crippen molar-refractivity contribution in [3.63, 3.8) is 0 Å². The second-order valence-corrected chi connectivity index (χ2v) is 6.84. The molecule has 0 saturated carbocycles. The van der Waals surface area contributed by atoms with Crippen LogP contribution in [0.25, 0.3) is 22.0 Å². The van der Waals surface area contributed by atoms with Gasteiger partial charge >= 0.3 is 0 Å². The monoisotopic (exact) mass is 420 g/mol. The fraction of sp³-hybridized carbons (Fsp3) is 0.0909. The largest absolute Gasteiger partial charge is 0.382 e. The van der Waals surface area contributed by atoms with E-state index in [-0.39, 0.29) is 28.3 Å². The molecular formula is C22H15F3N6. The van der Waals surface area contributed by atoms with Crippen LogP contribution in [0.3, 0.4) is 0 Å². The molecule has 0 radical (unpaired) electrons. The number of aromatic nitrogens is 3. The predicted molar refractivity (Wildman–Crippen MR) is 110 cm³/mol. The Hall–Kier alpha value is -4.19. The summed E-state index contributed by atoms with van der Waals surface area (Å²) in [6.07, 6.45) is 2.64. The summed E-state index contributed by atoms with van der Waals surface area (Å²) in [4.78, 5) is 12.1. The number of nitrogens with two attached hydrogens (primary N) is 1. The SMILES string of the molecule is C[C@H](Nc1ncnc(N)c1C#N)c1cnc2c(F)cccc2c1-c1cc(F)cc(F)c1. The zero-order valence-electron chi connectivity index (χ0n) is 16.2. The number of fused-ring (bicyclic) bond motifs is 1. The van der Waals surface area contributed by atoms with Gasteiger partial charge in [-0.15, -0.1) is 0 Å². The van der Waals surface area contributed by atoms with Gasteiger partial charge in [0.05, 0.1) is 6.04 Å².